The molecule has 1 aromatic rings. The average Bonchev–Trinajstić information content (AvgIpc) is 2.30. The summed E-state index contributed by atoms with van der Waals surface area (Å²) in [7, 11) is -2.75. The third-order valence-electron chi connectivity index (χ3n) is 3.70. The van der Waals surface area contributed by atoms with E-state index in [-0.39, 0.29) is 10.5 Å². The largest absolute Gasteiger partial charge is 0.369 e. The third kappa shape index (κ3) is 1.36. The van der Waals surface area contributed by atoms with Gasteiger partial charge in [0.15, 0.2) is 9.84 Å². The number of fused-ring (bicyclic) bond motifs is 2. The molecule has 3 heterocycles. The molecule has 2 atom stereocenters. The SMILES string of the molecule is Cc1ccc(N2CC3CC(C2)S3(=O)=O)cc1. The average molecular weight is 237 g/mol. The fourth-order valence-corrected chi connectivity index (χ4v) is 4.56. The van der Waals surface area contributed by atoms with Crippen LogP contribution in [0.5, 0.6) is 0 Å². The van der Waals surface area contributed by atoms with Gasteiger partial charge in [0.1, 0.15) is 0 Å². The van der Waals surface area contributed by atoms with Crippen molar-refractivity contribution in [2.75, 3.05) is 18.0 Å². The molecule has 3 fully saturated rings. The highest BCUT2D eigenvalue weighted by Gasteiger charge is 2.51. The highest BCUT2D eigenvalue weighted by atomic mass is 32.2. The molecule has 4 rings (SSSR count). The van der Waals surface area contributed by atoms with Gasteiger partial charge in [0.25, 0.3) is 0 Å². The maximum atomic E-state index is 11.6. The van der Waals surface area contributed by atoms with Gasteiger partial charge in [0.05, 0.1) is 10.5 Å². The second-order valence-corrected chi connectivity index (χ2v) is 7.32. The standard InChI is InChI=1S/C12H15NO2S/c1-9-2-4-10(5-3-9)13-7-11-6-12(8-13)16(11,14)15/h2-5,11-12H,6-8H2,1H3. The molecule has 0 radical (unpaired) electrons. The fraction of sp³-hybridized carbons (Fsp3) is 0.500. The van der Waals surface area contributed by atoms with Crippen LogP contribution in [0, 0.1) is 6.92 Å². The minimum atomic E-state index is -2.75. The lowest BCUT2D eigenvalue weighted by Gasteiger charge is -2.47. The van der Waals surface area contributed by atoms with Gasteiger partial charge in [-0.25, -0.2) is 8.42 Å². The highest BCUT2D eigenvalue weighted by Crippen LogP contribution is 2.37. The molecule has 3 nitrogen and oxygen atoms in total. The first kappa shape index (κ1) is 10.1. The number of rotatable bonds is 1. The lowest BCUT2D eigenvalue weighted by atomic mass is 10.1. The third-order valence-corrected chi connectivity index (χ3v) is 6.24. The lowest BCUT2D eigenvalue weighted by molar-refractivity contribution is 0.460. The summed E-state index contributed by atoms with van der Waals surface area (Å²) in [4.78, 5) is 2.19. The zero-order valence-electron chi connectivity index (χ0n) is 9.26. The smallest absolute Gasteiger partial charge is 0.159 e. The van der Waals surface area contributed by atoms with Crippen molar-refractivity contribution in [2.24, 2.45) is 0 Å². The van der Waals surface area contributed by atoms with E-state index in [0.717, 1.165) is 12.1 Å². The summed E-state index contributed by atoms with van der Waals surface area (Å²) in [6.45, 7) is 3.39. The Bertz CT molecular complexity index is 488. The van der Waals surface area contributed by atoms with Crippen molar-refractivity contribution < 1.29 is 8.42 Å². The Kier molecular flexibility index (Phi) is 2.05. The van der Waals surface area contributed by atoms with Crippen LogP contribution in [0.3, 0.4) is 0 Å². The normalized spacial score (nSPS) is 30.9. The highest BCUT2D eigenvalue weighted by molar-refractivity contribution is 7.94. The van der Waals surface area contributed by atoms with Gasteiger partial charge in [-0.05, 0) is 25.5 Å². The summed E-state index contributed by atoms with van der Waals surface area (Å²) < 4.78 is 23.3. The van der Waals surface area contributed by atoms with Crippen LogP contribution in [0.15, 0.2) is 24.3 Å². The Morgan fingerprint density at radius 1 is 1.12 bits per heavy atom. The lowest BCUT2D eigenvalue weighted by Crippen LogP contribution is -2.62. The molecule has 0 amide bonds. The molecule has 4 heteroatoms. The maximum absolute atomic E-state index is 11.6. The van der Waals surface area contributed by atoms with Crippen LogP contribution in [-0.4, -0.2) is 32.0 Å². The van der Waals surface area contributed by atoms with Crippen molar-refractivity contribution in [1.82, 2.24) is 0 Å². The first-order valence-electron chi connectivity index (χ1n) is 5.62. The second-order valence-electron chi connectivity index (χ2n) is 4.81. The first-order chi connectivity index (χ1) is 7.57. The molecule has 0 N–H and O–H groups in total. The Morgan fingerprint density at radius 2 is 1.69 bits per heavy atom. The molecule has 3 saturated heterocycles. The summed E-state index contributed by atoms with van der Waals surface area (Å²) in [6.07, 6.45) is 0.866. The van der Waals surface area contributed by atoms with E-state index in [1.807, 2.05) is 0 Å². The van der Waals surface area contributed by atoms with E-state index in [9.17, 15) is 8.42 Å². The van der Waals surface area contributed by atoms with Gasteiger partial charge in [0, 0.05) is 18.8 Å². The van der Waals surface area contributed by atoms with E-state index >= 15 is 0 Å². The number of benzene rings is 1. The van der Waals surface area contributed by atoms with Crippen molar-refractivity contribution in [1.29, 1.82) is 0 Å². The van der Waals surface area contributed by atoms with Gasteiger partial charge >= 0.3 is 0 Å². The van der Waals surface area contributed by atoms with Crippen LogP contribution in [0.25, 0.3) is 0 Å². The predicted octanol–water partition coefficient (Wildman–Crippen LogP) is 1.37. The minimum absolute atomic E-state index is 0.118. The summed E-state index contributed by atoms with van der Waals surface area (Å²) in [6, 6.07) is 8.30. The summed E-state index contributed by atoms with van der Waals surface area (Å²) in [5.74, 6) is 0. The van der Waals surface area contributed by atoms with E-state index in [1.165, 1.54) is 5.56 Å². The number of piperidine rings is 1. The summed E-state index contributed by atoms with van der Waals surface area (Å²) in [5, 5.41) is -0.236. The monoisotopic (exact) mass is 237 g/mol. The van der Waals surface area contributed by atoms with Gasteiger partial charge in [0.2, 0.25) is 0 Å². The molecule has 3 aliphatic rings. The van der Waals surface area contributed by atoms with E-state index in [0.29, 0.717) is 13.1 Å². The van der Waals surface area contributed by atoms with Gasteiger partial charge in [-0.15, -0.1) is 0 Å². The number of sulfone groups is 1. The molecule has 0 aromatic heterocycles. The first-order valence-corrected chi connectivity index (χ1v) is 7.22. The van der Waals surface area contributed by atoms with Crippen LogP contribution < -0.4 is 4.90 Å². The van der Waals surface area contributed by atoms with Gasteiger partial charge in [-0.1, -0.05) is 17.7 Å². The zero-order chi connectivity index (χ0) is 11.3. The van der Waals surface area contributed by atoms with E-state index in [2.05, 4.69) is 36.1 Å². The molecule has 2 unspecified atom stereocenters. The van der Waals surface area contributed by atoms with E-state index < -0.39 is 9.84 Å². The van der Waals surface area contributed by atoms with Gasteiger partial charge in [-0.2, -0.15) is 0 Å². The predicted molar refractivity (Wildman–Crippen MR) is 64.5 cm³/mol. The Labute approximate surface area is 96.0 Å². The number of nitrogens with zero attached hydrogens (tertiary/aromatic N) is 1. The Morgan fingerprint density at radius 3 is 2.19 bits per heavy atom. The molecule has 3 aliphatic heterocycles. The maximum Gasteiger partial charge on any atom is 0.159 e. The van der Waals surface area contributed by atoms with Gasteiger partial charge in [-0.3, -0.25) is 0 Å². The Hall–Kier alpha value is -1.03. The van der Waals surface area contributed by atoms with Crippen molar-refractivity contribution >= 4 is 15.5 Å². The van der Waals surface area contributed by atoms with Crippen LogP contribution in [0.2, 0.25) is 0 Å². The van der Waals surface area contributed by atoms with Gasteiger partial charge < -0.3 is 4.90 Å². The zero-order valence-corrected chi connectivity index (χ0v) is 10.1. The quantitative estimate of drug-likeness (QED) is 0.740. The van der Waals surface area contributed by atoms with Crippen LogP contribution in [0.1, 0.15) is 12.0 Å². The summed E-state index contributed by atoms with van der Waals surface area (Å²) in [5.41, 5.74) is 2.38. The molecule has 1 aromatic carbocycles. The molecule has 0 spiro atoms. The number of hydrogen-bond acceptors (Lipinski definition) is 3. The molecule has 0 aliphatic carbocycles. The Balaban J connectivity index is 1.83. The van der Waals surface area contributed by atoms with Crippen LogP contribution >= 0.6 is 0 Å². The molecular formula is C12H15NO2S. The molecular weight excluding hydrogens is 222 g/mol. The van der Waals surface area contributed by atoms with Crippen molar-refractivity contribution in [3.63, 3.8) is 0 Å². The van der Waals surface area contributed by atoms with Crippen molar-refractivity contribution in [3.05, 3.63) is 29.8 Å². The van der Waals surface area contributed by atoms with Crippen molar-refractivity contribution in [2.45, 2.75) is 23.8 Å². The molecule has 2 bridgehead atoms. The minimum Gasteiger partial charge on any atom is -0.369 e. The van der Waals surface area contributed by atoms with E-state index in [1.54, 1.807) is 0 Å². The fourth-order valence-electron chi connectivity index (χ4n) is 2.60. The number of hydrogen-bond donors (Lipinski definition) is 0. The molecule has 0 saturated carbocycles. The van der Waals surface area contributed by atoms with Crippen molar-refractivity contribution in [3.8, 4) is 0 Å². The topological polar surface area (TPSA) is 37.4 Å². The van der Waals surface area contributed by atoms with Crippen LogP contribution in [-0.2, 0) is 9.84 Å². The van der Waals surface area contributed by atoms with Crippen LogP contribution in [0.4, 0.5) is 5.69 Å². The molecule has 16 heavy (non-hydrogen) atoms. The molecule has 86 valence electrons. The second kappa shape index (κ2) is 3.23. The number of aryl methyl sites for hydroxylation is 1. The summed E-state index contributed by atoms with van der Waals surface area (Å²) >= 11 is 0. The number of anilines is 1. The van der Waals surface area contributed by atoms with E-state index in [4.69, 9.17) is 0 Å².